The van der Waals surface area contributed by atoms with Gasteiger partial charge in [-0.2, -0.15) is 0 Å². The molecule has 0 fully saturated rings. The van der Waals surface area contributed by atoms with E-state index in [1.54, 1.807) is 28.1 Å². The maximum absolute atomic E-state index is 11.8. The first-order valence-electron chi connectivity index (χ1n) is 5.38. The highest BCUT2D eigenvalue weighted by Gasteiger charge is 2.30. The van der Waals surface area contributed by atoms with Crippen molar-refractivity contribution in [2.45, 2.75) is 19.9 Å². The summed E-state index contributed by atoms with van der Waals surface area (Å²) in [4.78, 5) is 37.2. The van der Waals surface area contributed by atoms with Crippen LogP contribution in [0.15, 0.2) is 0 Å². The van der Waals surface area contributed by atoms with Gasteiger partial charge in [-0.05, 0) is 20.9 Å². The van der Waals surface area contributed by atoms with Gasteiger partial charge in [0.05, 0.1) is 13.2 Å². The first-order valence-corrected chi connectivity index (χ1v) is 5.38. The summed E-state index contributed by atoms with van der Waals surface area (Å²) < 4.78 is 4.77. The molecule has 0 saturated carbocycles. The van der Waals surface area contributed by atoms with Gasteiger partial charge in [0.1, 0.15) is 6.04 Å². The van der Waals surface area contributed by atoms with E-state index in [-0.39, 0.29) is 24.8 Å². The van der Waals surface area contributed by atoms with Crippen LogP contribution in [0.1, 0.15) is 13.8 Å². The van der Waals surface area contributed by atoms with Gasteiger partial charge in [-0.1, -0.05) is 0 Å². The molecule has 0 bridgehead atoms. The number of ketones is 1. The van der Waals surface area contributed by atoms with Crippen molar-refractivity contribution in [2.24, 2.45) is 0 Å². The number of esters is 1. The minimum atomic E-state index is -0.936. The zero-order valence-electron chi connectivity index (χ0n) is 11.0. The molecule has 1 amide bonds. The molecule has 1 atom stereocenters. The predicted octanol–water partition coefficient (Wildman–Crippen LogP) is -0.473. The van der Waals surface area contributed by atoms with Gasteiger partial charge in [0.2, 0.25) is 5.91 Å². The summed E-state index contributed by atoms with van der Waals surface area (Å²) in [5.41, 5.74) is 0. The number of amides is 1. The number of Topliss-reactive ketones (excluding diaryl/α,β-unsaturated/α-hetero) is 1. The maximum Gasteiger partial charge on any atom is 0.320 e. The van der Waals surface area contributed by atoms with Crippen LogP contribution in [0.3, 0.4) is 0 Å². The van der Waals surface area contributed by atoms with Crippen molar-refractivity contribution in [3.05, 3.63) is 0 Å². The zero-order valence-corrected chi connectivity index (χ0v) is 11.0. The van der Waals surface area contributed by atoms with E-state index >= 15 is 0 Å². The van der Waals surface area contributed by atoms with Gasteiger partial charge < -0.3 is 9.64 Å². The summed E-state index contributed by atoms with van der Waals surface area (Å²) in [6.07, 6.45) is 0. The van der Waals surface area contributed by atoms with E-state index in [9.17, 15) is 14.4 Å². The van der Waals surface area contributed by atoms with Gasteiger partial charge in [0.25, 0.3) is 0 Å². The Labute approximate surface area is 102 Å². The quantitative estimate of drug-likeness (QED) is 0.466. The summed E-state index contributed by atoms with van der Waals surface area (Å²) in [5, 5.41) is 0. The highest BCUT2D eigenvalue weighted by Crippen LogP contribution is 2.02. The average molecular weight is 244 g/mol. The second-order valence-electron chi connectivity index (χ2n) is 3.97. The number of likely N-dealkylation sites (N-methyl/N-ethyl adjacent to an activating group) is 2. The molecule has 0 heterocycles. The fourth-order valence-corrected chi connectivity index (χ4v) is 1.42. The molecule has 0 aromatic rings. The molecule has 6 heteroatoms. The fourth-order valence-electron chi connectivity index (χ4n) is 1.42. The lowest BCUT2D eigenvalue weighted by Crippen LogP contribution is -2.50. The molecule has 6 nitrogen and oxygen atoms in total. The van der Waals surface area contributed by atoms with Crippen LogP contribution in [0.5, 0.6) is 0 Å². The summed E-state index contributed by atoms with van der Waals surface area (Å²) in [5.74, 6) is -1.09. The fraction of sp³-hybridized carbons (Fsp3) is 0.727. The topological polar surface area (TPSA) is 66.9 Å². The number of nitrogens with zero attached hydrogens (tertiary/aromatic N) is 2. The lowest BCUT2D eigenvalue weighted by Gasteiger charge is -2.26. The first kappa shape index (κ1) is 15.6. The number of carbonyl (C=O) groups is 3. The zero-order chi connectivity index (χ0) is 13.6. The van der Waals surface area contributed by atoms with Crippen LogP contribution in [-0.4, -0.2) is 67.8 Å². The third kappa shape index (κ3) is 4.95. The van der Waals surface area contributed by atoms with Crippen molar-refractivity contribution >= 4 is 17.7 Å². The van der Waals surface area contributed by atoms with E-state index in [1.165, 1.54) is 16.7 Å². The molecule has 0 N–H and O–H groups in total. The van der Waals surface area contributed by atoms with Crippen LogP contribution in [-0.2, 0) is 19.1 Å². The molecule has 0 aromatic carbocycles. The van der Waals surface area contributed by atoms with Crippen molar-refractivity contribution in [3.8, 4) is 0 Å². The van der Waals surface area contributed by atoms with E-state index in [1.807, 2.05) is 0 Å². The molecular weight excluding hydrogens is 224 g/mol. The minimum Gasteiger partial charge on any atom is -0.465 e. The number of carbonyl (C=O) groups excluding carboxylic acids is 3. The molecule has 98 valence electrons. The molecule has 0 aliphatic carbocycles. The molecule has 0 saturated heterocycles. The normalized spacial score (nSPS) is 12.1. The lowest BCUT2D eigenvalue weighted by atomic mass is 10.1. The Bertz CT molecular complexity index is 302. The molecule has 0 radical (unpaired) electrons. The monoisotopic (exact) mass is 244 g/mol. The van der Waals surface area contributed by atoms with Crippen molar-refractivity contribution in [2.75, 3.05) is 34.3 Å². The Hall–Kier alpha value is -1.43. The Morgan fingerprint density at radius 3 is 2.06 bits per heavy atom. The maximum atomic E-state index is 11.8. The molecule has 1 unspecified atom stereocenters. The van der Waals surface area contributed by atoms with Gasteiger partial charge in [-0.3, -0.25) is 19.3 Å². The number of hydrogen-bond acceptors (Lipinski definition) is 5. The highest BCUT2D eigenvalue weighted by atomic mass is 16.5. The van der Waals surface area contributed by atoms with E-state index in [0.29, 0.717) is 0 Å². The molecule has 0 aromatic heterocycles. The van der Waals surface area contributed by atoms with Gasteiger partial charge in [-0.15, -0.1) is 0 Å². The Balaban J connectivity index is 4.67. The van der Waals surface area contributed by atoms with Crippen molar-refractivity contribution in [3.63, 3.8) is 0 Å². The summed E-state index contributed by atoms with van der Waals surface area (Å²) in [6.45, 7) is 3.22. The predicted molar refractivity (Wildman–Crippen MR) is 62.4 cm³/mol. The lowest BCUT2D eigenvalue weighted by molar-refractivity contribution is -0.147. The van der Waals surface area contributed by atoms with Crippen LogP contribution >= 0.6 is 0 Å². The standard InChI is InChI=1S/C11H20N2O4/c1-6-17-9(15)7-13(5)10(8(2)14)11(16)12(3)4/h10H,6-7H2,1-5H3. The molecule has 0 spiro atoms. The Kier molecular flexibility index (Phi) is 6.42. The minimum absolute atomic E-state index is 0.0856. The van der Waals surface area contributed by atoms with Crippen molar-refractivity contribution < 1.29 is 19.1 Å². The summed E-state index contributed by atoms with van der Waals surface area (Å²) >= 11 is 0. The van der Waals surface area contributed by atoms with Crippen LogP contribution in [0.2, 0.25) is 0 Å². The first-order chi connectivity index (χ1) is 7.81. The third-order valence-corrected chi connectivity index (χ3v) is 2.18. The molecule has 0 aliphatic rings. The summed E-state index contributed by atoms with van der Waals surface area (Å²) in [6, 6.07) is -0.936. The van der Waals surface area contributed by atoms with E-state index in [4.69, 9.17) is 4.74 Å². The Morgan fingerprint density at radius 2 is 1.71 bits per heavy atom. The smallest absolute Gasteiger partial charge is 0.320 e. The number of hydrogen-bond donors (Lipinski definition) is 0. The second-order valence-corrected chi connectivity index (χ2v) is 3.97. The van der Waals surface area contributed by atoms with Gasteiger partial charge >= 0.3 is 5.97 Å². The molecule has 0 rings (SSSR count). The highest BCUT2D eigenvalue weighted by molar-refractivity contribution is 6.04. The van der Waals surface area contributed by atoms with E-state index in [0.717, 1.165) is 0 Å². The van der Waals surface area contributed by atoms with E-state index < -0.39 is 12.0 Å². The number of rotatable bonds is 6. The summed E-state index contributed by atoms with van der Waals surface area (Å²) in [7, 11) is 4.68. The van der Waals surface area contributed by atoms with Crippen LogP contribution < -0.4 is 0 Å². The van der Waals surface area contributed by atoms with Crippen LogP contribution in [0.25, 0.3) is 0 Å². The Morgan fingerprint density at radius 1 is 1.18 bits per heavy atom. The van der Waals surface area contributed by atoms with Gasteiger partial charge in [0.15, 0.2) is 5.78 Å². The third-order valence-electron chi connectivity index (χ3n) is 2.18. The van der Waals surface area contributed by atoms with Crippen molar-refractivity contribution in [1.29, 1.82) is 0 Å². The largest absolute Gasteiger partial charge is 0.465 e. The van der Waals surface area contributed by atoms with Crippen LogP contribution in [0.4, 0.5) is 0 Å². The SMILES string of the molecule is CCOC(=O)CN(C)C(C(C)=O)C(=O)N(C)C. The van der Waals surface area contributed by atoms with E-state index in [2.05, 4.69) is 0 Å². The van der Waals surface area contributed by atoms with Crippen LogP contribution in [0, 0.1) is 0 Å². The molecular formula is C11H20N2O4. The second kappa shape index (κ2) is 7.01. The van der Waals surface area contributed by atoms with Crippen molar-refractivity contribution in [1.82, 2.24) is 9.80 Å². The molecule has 0 aliphatic heterocycles. The number of ether oxygens (including phenoxy) is 1. The average Bonchev–Trinajstić information content (AvgIpc) is 2.16. The molecule has 17 heavy (non-hydrogen) atoms. The van der Waals surface area contributed by atoms with Gasteiger partial charge in [-0.25, -0.2) is 0 Å². The van der Waals surface area contributed by atoms with Gasteiger partial charge in [0, 0.05) is 14.1 Å².